The lowest BCUT2D eigenvalue weighted by Gasteiger charge is -1.97. The van der Waals surface area contributed by atoms with Gasteiger partial charge < -0.3 is 9.72 Å². The van der Waals surface area contributed by atoms with Crippen LogP contribution >= 0.6 is 11.3 Å². The van der Waals surface area contributed by atoms with E-state index >= 15 is 0 Å². The average Bonchev–Trinajstić information content (AvgIpc) is 2.67. The van der Waals surface area contributed by atoms with Crippen LogP contribution in [0, 0.1) is 0 Å². The number of hydrogen-bond acceptors (Lipinski definition) is 5. The van der Waals surface area contributed by atoms with Gasteiger partial charge in [0.1, 0.15) is 15.3 Å². The normalized spacial score (nSPS) is 11.1. The summed E-state index contributed by atoms with van der Waals surface area (Å²) in [4.78, 5) is 32.5. The molecular formula is C10H7N3O3S. The Morgan fingerprint density at radius 3 is 2.94 bits per heavy atom. The number of fused-ring (bicyclic) bond motifs is 3. The van der Waals surface area contributed by atoms with Gasteiger partial charge in [-0.05, 0) is 6.07 Å². The SMILES string of the molecule is COc1cnc2sc3c(=O)[nH]c(=O)[nH]c3c2c1. The molecule has 2 N–H and O–H groups in total. The Morgan fingerprint density at radius 2 is 2.18 bits per heavy atom. The van der Waals surface area contributed by atoms with Gasteiger partial charge in [-0.2, -0.15) is 0 Å². The lowest BCUT2D eigenvalue weighted by atomic mass is 10.3. The van der Waals surface area contributed by atoms with Gasteiger partial charge >= 0.3 is 5.69 Å². The molecule has 0 aromatic carbocycles. The van der Waals surface area contributed by atoms with Crippen LogP contribution in [0.15, 0.2) is 21.9 Å². The maximum Gasteiger partial charge on any atom is 0.326 e. The molecule has 0 fully saturated rings. The number of thiophene rings is 1. The Hall–Kier alpha value is -2.15. The average molecular weight is 249 g/mol. The van der Waals surface area contributed by atoms with Crippen LogP contribution < -0.4 is 16.0 Å². The minimum atomic E-state index is -0.523. The first kappa shape index (κ1) is 10.0. The summed E-state index contributed by atoms with van der Waals surface area (Å²) < 4.78 is 5.52. The Bertz CT molecular complexity index is 830. The molecule has 3 aromatic heterocycles. The van der Waals surface area contributed by atoms with Crippen molar-refractivity contribution in [3.63, 3.8) is 0 Å². The Balaban J connectivity index is 2.57. The van der Waals surface area contributed by atoms with Crippen molar-refractivity contribution in [2.24, 2.45) is 0 Å². The second kappa shape index (κ2) is 3.42. The molecule has 86 valence electrons. The largest absolute Gasteiger partial charge is 0.495 e. The number of rotatable bonds is 1. The number of methoxy groups -OCH3 is 1. The number of pyridine rings is 1. The lowest BCUT2D eigenvalue weighted by Crippen LogP contribution is -2.20. The van der Waals surface area contributed by atoms with Crippen molar-refractivity contribution < 1.29 is 4.74 Å². The van der Waals surface area contributed by atoms with Crippen LogP contribution in [0.1, 0.15) is 0 Å². The van der Waals surface area contributed by atoms with E-state index in [4.69, 9.17) is 4.74 Å². The number of nitrogens with zero attached hydrogens (tertiary/aromatic N) is 1. The zero-order valence-corrected chi connectivity index (χ0v) is 9.55. The number of ether oxygens (including phenoxy) is 1. The van der Waals surface area contributed by atoms with Crippen LogP contribution in [0.4, 0.5) is 0 Å². The van der Waals surface area contributed by atoms with Crippen molar-refractivity contribution in [2.45, 2.75) is 0 Å². The molecule has 0 saturated carbocycles. The zero-order valence-electron chi connectivity index (χ0n) is 8.73. The van der Waals surface area contributed by atoms with Gasteiger partial charge in [-0.1, -0.05) is 0 Å². The highest BCUT2D eigenvalue weighted by molar-refractivity contribution is 7.25. The topological polar surface area (TPSA) is 87.8 Å². The molecule has 0 unspecified atom stereocenters. The van der Waals surface area contributed by atoms with E-state index in [0.29, 0.717) is 26.2 Å². The summed E-state index contributed by atoms with van der Waals surface area (Å²) in [7, 11) is 1.53. The molecule has 0 aliphatic carbocycles. The summed E-state index contributed by atoms with van der Waals surface area (Å²) in [5.41, 5.74) is -0.416. The van der Waals surface area contributed by atoms with Crippen molar-refractivity contribution >= 4 is 31.8 Å². The number of nitrogens with one attached hydrogen (secondary N) is 2. The second-order valence-electron chi connectivity index (χ2n) is 3.44. The molecule has 3 rings (SSSR count). The van der Waals surface area contributed by atoms with Gasteiger partial charge in [-0.25, -0.2) is 9.78 Å². The highest BCUT2D eigenvalue weighted by Crippen LogP contribution is 2.30. The minimum Gasteiger partial charge on any atom is -0.495 e. The Kier molecular flexibility index (Phi) is 2.02. The van der Waals surface area contributed by atoms with Crippen molar-refractivity contribution in [3.05, 3.63) is 33.1 Å². The second-order valence-corrected chi connectivity index (χ2v) is 4.44. The molecule has 7 heteroatoms. The predicted octanol–water partition coefficient (Wildman–Crippen LogP) is 0.835. The molecular weight excluding hydrogens is 242 g/mol. The molecule has 0 radical (unpaired) electrons. The quantitative estimate of drug-likeness (QED) is 0.668. The van der Waals surface area contributed by atoms with Gasteiger partial charge in [0, 0.05) is 5.39 Å². The van der Waals surface area contributed by atoms with E-state index in [1.165, 1.54) is 18.4 Å². The zero-order chi connectivity index (χ0) is 12.0. The summed E-state index contributed by atoms with van der Waals surface area (Å²) in [6.45, 7) is 0. The smallest absolute Gasteiger partial charge is 0.326 e. The highest BCUT2D eigenvalue weighted by Gasteiger charge is 2.11. The molecule has 0 saturated heterocycles. The standard InChI is InChI=1S/C10H7N3O3S/c1-16-4-2-5-6-7(17-9(5)11-3-4)8(14)13-10(15)12-6/h2-3H,1H3,(H2,12,13,14,15). The van der Waals surface area contributed by atoms with E-state index in [9.17, 15) is 9.59 Å². The number of aromatic nitrogens is 3. The van der Waals surface area contributed by atoms with E-state index in [-0.39, 0.29) is 0 Å². The molecule has 0 amide bonds. The van der Waals surface area contributed by atoms with Gasteiger partial charge in [0.2, 0.25) is 0 Å². The molecule has 3 heterocycles. The number of hydrogen-bond donors (Lipinski definition) is 2. The van der Waals surface area contributed by atoms with Gasteiger partial charge in [0.05, 0.1) is 18.8 Å². The molecule has 0 bridgehead atoms. The Labute approximate surface area is 97.9 Å². The molecule has 6 nitrogen and oxygen atoms in total. The molecule has 0 aliphatic rings. The summed E-state index contributed by atoms with van der Waals surface area (Å²) >= 11 is 1.24. The first-order valence-corrected chi connectivity index (χ1v) is 5.59. The van der Waals surface area contributed by atoms with Crippen molar-refractivity contribution in [1.29, 1.82) is 0 Å². The van der Waals surface area contributed by atoms with Gasteiger partial charge in [0.25, 0.3) is 5.56 Å². The van der Waals surface area contributed by atoms with Crippen LogP contribution in [-0.4, -0.2) is 22.1 Å². The number of H-pyrrole nitrogens is 2. The molecule has 0 spiro atoms. The lowest BCUT2D eigenvalue weighted by molar-refractivity contribution is 0.414. The molecule has 3 aromatic rings. The van der Waals surface area contributed by atoms with Gasteiger partial charge in [0.15, 0.2) is 0 Å². The van der Waals surface area contributed by atoms with Crippen molar-refractivity contribution in [2.75, 3.05) is 7.11 Å². The van der Waals surface area contributed by atoms with Gasteiger partial charge in [-0.3, -0.25) is 9.78 Å². The van der Waals surface area contributed by atoms with Crippen molar-refractivity contribution in [3.8, 4) is 5.75 Å². The van der Waals surface area contributed by atoms with Crippen LogP contribution in [0.2, 0.25) is 0 Å². The highest BCUT2D eigenvalue weighted by atomic mass is 32.1. The third kappa shape index (κ3) is 1.43. The summed E-state index contributed by atoms with van der Waals surface area (Å²) in [5, 5.41) is 0.715. The van der Waals surface area contributed by atoms with E-state index < -0.39 is 11.2 Å². The summed E-state index contributed by atoms with van der Waals surface area (Å²) in [5.74, 6) is 0.582. The van der Waals surface area contributed by atoms with Crippen molar-refractivity contribution in [1.82, 2.24) is 15.0 Å². The number of aromatic amines is 2. The first-order valence-electron chi connectivity index (χ1n) is 4.78. The molecule has 0 atom stereocenters. The fourth-order valence-electron chi connectivity index (χ4n) is 1.66. The van der Waals surface area contributed by atoms with Crippen LogP contribution in [0.3, 0.4) is 0 Å². The maximum absolute atomic E-state index is 11.6. The third-order valence-electron chi connectivity index (χ3n) is 2.43. The van der Waals surface area contributed by atoms with E-state index in [1.807, 2.05) is 0 Å². The predicted molar refractivity (Wildman–Crippen MR) is 64.9 cm³/mol. The fraction of sp³-hybridized carbons (Fsp3) is 0.100. The fourth-order valence-corrected chi connectivity index (χ4v) is 2.64. The summed E-state index contributed by atoms with van der Waals surface area (Å²) in [6.07, 6.45) is 1.57. The molecule has 17 heavy (non-hydrogen) atoms. The van der Waals surface area contributed by atoms with Crippen LogP contribution in [-0.2, 0) is 0 Å². The molecule has 0 aliphatic heterocycles. The van der Waals surface area contributed by atoms with E-state index in [0.717, 1.165) is 0 Å². The summed E-state index contributed by atoms with van der Waals surface area (Å²) in [6, 6.07) is 1.75. The van der Waals surface area contributed by atoms with Crippen LogP contribution in [0.25, 0.3) is 20.4 Å². The van der Waals surface area contributed by atoms with E-state index in [1.54, 1.807) is 12.3 Å². The monoisotopic (exact) mass is 249 g/mol. The first-order chi connectivity index (χ1) is 8.19. The van der Waals surface area contributed by atoms with Gasteiger partial charge in [-0.15, -0.1) is 11.3 Å². The minimum absolute atomic E-state index is 0.397. The maximum atomic E-state index is 11.6. The van der Waals surface area contributed by atoms with E-state index in [2.05, 4.69) is 15.0 Å². The van der Waals surface area contributed by atoms with Crippen LogP contribution in [0.5, 0.6) is 5.75 Å². The Morgan fingerprint density at radius 1 is 1.35 bits per heavy atom. The third-order valence-corrected chi connectivity index (χ3v) is 3.54.